The normalized spacial score (nSPS) is 19.0. The maximum absolute atomic E-state index is 12.3. The molecule has 1 aromatic rings. The van der Waals surface area contributed by atoms with Crippen LogP contribution >= 0.6 is 0 Å². The zero-order valence-corrected chi connectivity index (χ0v) is 10.7. The van der Waals surface area contributed by atoms with Gasteiger partial charge in [-0.05, 0) is 18.6 Å². The number of nitrogens with two attached hydrogens (primary N) is 1. The molecule has 1 amide bonds. The number of hydrogen-bond donors (Lipinski definition) is 1. The number of carbonyl (C=O) groups is 1. The van der Waals surface area contributed by atoms with Gasteiger partial charge in [0.25, 0.3) is 5.91 Å². The van der Waals surface area contributed by atoms with Gasteiger partial charge in [0.05, 0.1) is 18.8 Å². The third-order valence-corrected chi connectivity index (χ3v) is 3.25. The van der Waals surface area contributed by atoms with Crippen molar-refractivity contribution < 1.29 is 14.3 Å². The van der Waals surface area contributed by atoms with Crippen molar-refractivity contribution in [3.63, 3.8) is 0 Å². The van der Waals surface area contributed by atoms with Gasteiger partial charge in [-0.15, -0.1) is 0 Å². The van der Waals surface area contributed by atoms with Gasteiger partial charge >= 0.3 is 0 Å². The van der Waals surface area contributed by atoms with Gasteiger partial charge < -0.3 is 20.1 Å². The third-order valence-electron chi connectivity index (χ3n) is 3.25. The molecule has 1 saturated heterocycles. The molecule has 1 aliphatic heterocycles. The molecule has 1 aromatic carbocycles. The van der Waals surface area contributed by atoms with Gasteiger partial charge in [-0.1, -0.05) is 0 Å². The summed E-state index contributed by atoms with van der Waals surface area (Å²) in [5, 5.41) is 0. The lowest BCUT2D eigenvalue weighted by molar-refractivity contribution is 0.0725. The molecule has 0 spiro atoms. The summed E-state index contributed by atoms with van der Waals surface area (Å²) in [6, 6.07) is 5.11. The second-order valence-electron chi connectivity index (χ2n) is 4.35. The highest BCUT2D eigenvalue weighted by molar-refractivity contribution is 5.99. The first-order chi connectivity index (χ1) is 8.65. The van der Waals surface area contributed by atoms with Crippen molar-refractivity contribution >= 4 is 11.6 Å². The average Bonchev–Trinajstić information content (AvgIpc) is 2.86. The van der Waals surface area contributed by atoms with E-state index in [0.29, 0.717) is 30.1 Å². The Hall–Kier alpha value is -1.75. The number of rotatable bonds is 3. The standard InChI is InChI=1S/C13H18N2O3/c1-17-9-3-4-11(12(14)7-9)13(16)15-6-5-10(8-15)18-2/h3-4,7,10H,5-6,8,14H2,1-2H3. The Morgan fingerprint density at radius 2 is 2.22 bits per heavy atom. The predicted molar refractivity (Wildman–Crippen MR) is 68.7 cm³/mol. The lowest BCUT2D eigenvalue weighted by Gasteiger charge is -2.17. The molecule has 18 heavy (non-hydrogen) atoms. The molecule has 0 aromatic heterocycles. The Balaban J connectivity index is 2.14. The quantitative estimate of drug-likeness (QED) is 0.817. The number of nitrogen functional groups attached to an aromatic ring is 1. The van der Waals surface area contributed by atoms with E-state index in [1.165, 1.54) is 0 Å². The predicted octanol–water partition coefficient (Wildman–Crippen LogP) is 1.14. The van der Waals surface area contributed by atoms with Gasteiger partial charge in [0.15, 0.2) is 0 Å². The number of hydrogen-bond acceptors (Lipinski definition) is 4. The number of methoxy groups -OCH3 is 2. The number of likely N-dealkylation sites (tertiary alicyclic amines) is 1. The van der Waals surface area contributed by atoms with E-state index in [1.54, 1.807) is 37.3 Å². The van der Waals surface area contributed by atoms with Crippen LogP contribution in [0.5, 0.6) is 5.75 Å². The molecule has 1 fully saturated rings. The molecular weight excluding hydrogens is 232 g/mol. The van der Waals surface area contributed by atoms with Crippen molar-refractivity contribution in [2.24, 2.45) is 0 Å². The zero-order chi connectivity index (χ0) is 13.1. The molecule has 0 radical (unpaired) electrons. The summed E-state index contributed by atoms with van der Waals surface area (Å²) >= 11 is 0. The van der Waals surface area contributed by atoms with E-state index in [0.717, 1.165) is 6.42 Å². The van der Waals surface area contributed by atoms with Crippen LogP contribution in [0.1, 0.15) is 16.8 Å². The first-order valence-corrected chi connectivity index (χ1v) is 5.91. The molecule has 1 aliphatic rings. The average molecular weight is 250 g/mol. The van der Waals surface area contributed by atoms with Crippen LogP contribution in [-0.2, 0) is 4.74 Å². The van der Waals surface area contributed by atoms with Crippen molar-refractivity contribution in [3.8, 4) is 5.75 Å². The fourth-order valence-electron chi connectivity index (χ4n) is 2.14. The SMILES string of the molecule is COc1ccc(C(=O)N2CCC(OC)C2)c(N)c1. The Morgan fingerprint density at radius 1 is 1.44 bits per heavy atom. The topological polar surface area (TPSA) is 64.8 Å². The summed E-state index contributed by atoms with van der Waals surface area (Å²) < 4.78 is 10.3. The highest BCUT2D eigenvalue weighted by Crippen LogP contribution is 2.23. The first-order valence-electron chi connectivity index (χ1n) is 5.91. The summed E-state index contributed by atoms with van der Waals surface area (Å²) in [6.07, 6.45) is 1.01. The van der Waals surface area contributed by atoms with Crippen molar-refractivity contribution in [1.82, 2.24) is 4.90 Å². The Labute approximate surface area is 106 Å². The maximum Gasteiger partial charge on any atom is 0.256 e. The van der Waals surface area contributed by atoms with E-state index in [4.69, 9.17) is 15.2 Å². The fourth-order valence-corrected chi connectivity index (χ4v) is 2.14. The lowest BCUT2D eigenvalue weighted by Crippen LogP contribution is -2.30. The van der Waals surface area contributed by atoms with Crippen LogP contribution in [0.25, 0.3) is 0 Å². The number of nitrogens with zero attached hydrogens (tertiary/aromatic N) is 1. The van der Waals surface area contributed by atoms with Gasteiger partial charge in [-0.2, -0.15) is 0 Å². The van der Waals surface area contributed by atoms with Gasteiger partial charge in [0.2, 0.25) is 0 Å². The minimum absolute atomic E-state index is 0.0466. The molecule has 0 saturated carbocycles. The van der Waals surface area contributed by atoms with Crippen LogP contribution in [0.4, 0.5) is 5.69 Å². The molecule has 0 bridgehead atoms. The molecule has 5 heteroatoms. The van der Waals surface area contributed by atoms with E-state index in [9.17, 15) is 4.79 Å². The highest BCUT2D eigenvalue weighted by Gasteiger charge is 2.27. The summed E-state index contributed by atoms with van der Waals surface area (Å²) in [5.41, 5.74) is 6.84. The van der Waals surface area contributed by atoms with Crippen LogP contribution in [-0.4, -0.2) is 44.2 Å². The minimum Gasteiger partial charge on any atom is -0.497 e. The maximum atomic E-state index is 12.3. The van der Waals surface area contributed by atoms with E-state index in [2.05, 4.69) is 0 Å². The van der Waals surface area contributed by atoms with Crippen LogP contribution < -0.4 is 10.5 Å². The molecule has 2 rings (SSSR count). The molecule has 1 heterocycles. The molecule has 0 aliphatic carbocycles. The van der Waals surface area contributed by atoms with Crippen molar-refractivity contribution in [1.29, 1.82) is 0 Å². The number of carbonyl (C=O) groups excluding carboxylic acids is 1. The molecule has 5 nitrogen and oxygen atoms in total. The zero-order valence-electron chi connectivity index (χ0n) is 10.7. The molecule has 98 valence electrons. The van der Waals surface area contributed by atoms with Gasteiger partial charge in [0, 0.05) is 32.0 Å². The van der Waals surface area contributed by atoms with E-state index in [-0.39, 0.29) is 12.0 Å². The number of anilines is 1. The van der Waals surface area contributed by atoms with Crippen molar-refractivity contribution in [2.45, 2.75) is 12.5 Å². The number of amides is 1. The van der Waals surface area contributed by atoms with Crippen LogP contribution in [0, 0.1) is 0 Å². The van der Waals surface area contributed by atoms with Gasteiger partial charge in [-0.25, -0.2) is 0 Å². The fraction of sp³-hybridized carbons (Fsp3) is 0.462. The van der Waals surface area contributed by atoms with Crippen molar-refractivity contribution in [3.05, 3.63) is 23.8 Å². The van der Waals surface area contributed by atoms with Gasteiger partial charge in [0.1, 0.15) is 5.75 Å². The Morgan fingerprint density at radius 3 is 2.78 bits per heavy atom. The van der Waals surface area contributed by atoms with E-state index < -0.39 is 0 Å². The van der Waals surface area contributed by atoms with Crippen LogP contribution in [0.2, 0.25) is 0 Å². The molecular formula is C13H18N2O3. The van der Waals surface area contributed by atoms with Crippen molar-refractivity contribution in [2.75, 3.05) is 33.0 Å². The molecule has 2 N–H and O–H groups in total. The Bertz CT molecular complexity index is 448. The summed E-state index contributed by atoms with van der Waals surface area (Å²) in [7, 11) is 3.24. The Kier molecular flexibility index (Phi) is 3.72. The van der Waals surface area contributed by atoms with Crippen LogP contribution in [0.15, 0.2) is 18.2 Å². The van der Waals surface area contributed by atoms with Crippen LogP contribution in [0.3, 0.4) is 0 Å². The minimum atomic E-state index is -0.0466. The second-order valence-corrected chi connectivity index (χ2v) is 4.35. The number of benzene rings is 1. The summed E-state index contributed by atoms with van der Waals surface area (Å²) in [5.74, 6) is 0.606. The lowest BCUT2D eigenvalue weighted by atomic mass is 10.1. The summed E-state index contributed by atoms with van der Waals surface area (Å²) in [6.45, 7) is 1.34. The summed E-state index contributed by atoms with van der Waals surface area (Å²) in [4.78, 5) is 14.0. The third kappa shape index (κ3) is 2.41. The smallest absolute Gasteiger partial charge is 0.256 e. The van der Waals surface area contributed by atoms with E-state index in [1.807, 2.05) is 0 Å². The second kappa shape index (κ2) is 5.27. The van der Waals surface area contributed by atoms with E-state index >= 15 is 0 Å². The first kappa shape index (κ1) is 12.7. The van der Waals surface area contributed by atoms with Gasteiger partial charge in [-0.3, -0.25) is 4.79 Å². The largest absolute Gasteiger partial charge is 0.497 e. The molecule has 1 unspecified atom stereocenters. The monoisotopic (exact) mass is 250 g/mol. The highest BCUT2D eigenvalue weighted by atomic mass is 16.5. The number of ether oxygens (including phenoxy) is 2. The molecule has 1 atom stereocenters.